The Morgan fingerprint density at radius 3 is 2.35 bits per heavy atom. The zero-order valence-corrected chi connectivity index (χ0v) is 18.2. The molecule has 31 heavy (non-hydrogen) atoms. The first-order valence-electron chi connectivity index (χ1n) is 9.76. The van der Waals surface area contributed by atoms with Crippen molar-refractivity contribution in [3.63, 3.8) is 0 Å². The van der Waals surface area contributed by atoms with Crippen LogP contribution in [0.4, 0.5) is 0 Å². The van der Waals surface area contributed by atoms with Crippen LogP contribution in [0.5, 0.6) is 5.75 Å². The number of hydrogen-bond acceptors (Lipinski definition) is 3. The van der Waals surface area contributed by atoms with Crippen LogP contribution < -0.4 is 4.74 Å². The van der Waals surface area contributed by atoms with E-state index in [1.54, 1.807) is 30.3 Å². The van der Waals surface area contributed by atoms with Crippen LogP contribution in [0.25, 0.3) is 16.8 Å². The number of nitriles is 1. The summed E-state index contributed by atoms with van der Waals surface area (Å²) in [5.74, 6) is 0.310. The molecule has 0 amide bonds. The van der Waals surface area contributed by atoms with Gasteiger partial charge in [0.1, 0.15) is 24.0 Å². The lowest BCUT2D eigenvalue weighted by Gasteiger charge is -2.13. The van der Waals surface area contributed by atoms with Crippen LogP contribution in [0, 0.1) is 11.3 Å². The Balaban J connectivity index is 1.76. The third kappa shape index (κ3) is 4.74. The van der Waals surface area contributed by atoms with E-state index in [2.05, 4.69) is 22.0 Å². The first kappa shape index (κ1) is 20.6. The van der Waals surface area contributed by atoms with Crippen molar-refractivity contribution < 1.29 is 9.53 Å². The number of carbonyl (C=O) groups excluding carboxylic acids is 1. The molecule has 0 aliphatic heterocycles. The lowest BCUT2D eigenvalue weighted by atomic mass is 9.98. The van der Waals surface area contributed by atoms with Gasteiger partial charge in [-0.25, -0.2) is 0 Å². The van der Waals surface area contributed by atoms with Gasteiger partial charge >= 0.3 is 0 Å². The summed E-state index contributed by atoms with van der Waals surface area (Å²) in [5.41, 5.74) is 2.28. The highest BCUT2D eigenvalue weighted by molar-refractivity contribution is 9.10. The van der Waals surface area contributed by atoms with Crippen molar-refractivity contribution in [2.45, 2.75) is 6.61 Å². The Labute approximate surface area is 189 Å². The number of halogens is 1. The SMILES string of the molecule is N#C/C(=C\c1c(OCc2ccc(Br)cc2)ccc2ccccc12)C(=O)c1ccccc1. The molecular formula is C27H18BrNO2. The summed E-state index contributed by atoms with van der Waals surface area (Å²) in [4.78, 5) is 12.9. The maximum absolute atomic E-state index is 12.9. The van der Waals surface area contributed by atoms with Gasteiger partial charge in [0.05, 0.1) is 0 Å². The van der Waals surface area contributed by atoms with Crippen LogP contribution >= 0.6 is 15.9 Å². The molecule has 4 heteroatoms. The number of benzene rings is 4. The van der Waals surface area contributed by atoms with Crippen LogP contribution in [-0.2, 0) is 6.61 Å². The lowest BCUT2D eigenvalue weighted by Crippen LogP contribution is -2.02. The minimum absolute atomic E-state index is 0.0658. The van der Waals surface area contributed by atoms with E-state index in [0.29, 0.717) is 17.9 Å². The third-order valence-corrected chi connectivity index (χ3v) is 5.46. The predicted octanol–water partition coefficient (Wildman–Crippen LogP) is 6.97. The molecule has 0 radical (unpaired) electrons. The molecule has 0 saturated heterocycles. The van der Waals surface area contributed by atoms with E-state index in [4.69, 9.17) is 4.74 Å². The number of rotatable bonds is 6. The number of carbonyl (C=O) groups is 1. The number of ether oxygens (including phenoxy) is 1. The quantitative estimate of drug-likeness (QED) is 0.174. The number of fused-ring (bicyclic) bond motifs is 1. The first-order valence-corrected chi connectivity index (χ1v) is 10.6. The lowest BCUT2D eigenvalue weighted by molar-refractivity contribution is 0.104. The number of Topliss-reactive ketones (excluding diaryl/α,β-unsaturated/α-hetero) is 1. The second-order valence-corrected chi connectivity index (χ2v) is 7.89. The van der Waals surface area contributed by atoms with E-state index < -0.39 is 0 Å². The van der Waals surface area contributed by atoms with Crippen molar-refractivity contribution in [2.24, 2.45) is 0 Å². The van der Waals surface area contributed by atoms with Gasteiger partial charge in [-0.1, -0.05) is 88.7 Å². The Morgan fingerprint density at radius 2 is 1.61 bits per heavy atom. The van der Waals surface area contributed by atoms with Crippen molar-refractivity contribution in [3.8, 4) is 11.8 Å². The van der Waals surface area contributed by atoms with Crippen LogP contribution in [0.15, 0.2) is 101 Å². The van der Waals surface area contributed by atoms with Crippen molar-refractivity contribution in [3.05, 3.63) is 118 Å². The van der Waals surface area contributed by atoms with Gasteiger partial charge in [-0.2, -0.15) is 5.26 Å². The molecule has 0 aromatic heterocycles. The zero-order valence-electron chi connectivity index (χ0n) is 16.6. The number of allylic oxidation sites excluding steroid dienone is 1. The topological polar surface area (TPSA) is 50.1 Å². The predicted molar refractivity (Wildman–Crippen MR) is 127 cm³/mol. The highest BCUT2D eigenvalue weighted by Crippen LogP contribution is 2.31. The largest absolute Gasteiger partial charge is 0.488 e. The molecule has 0 atom stereocenters. The van der Waals surface area contributed by atoms with Crippen molar-refractivity contribution in [2.75, 3.05) is 0 Å². The second kappa shape index (κ2) is 9.42. The van der Waals surface area contributed by atoms with Crippen molar-refractivity contribution in [1.29, 1.82) is 5.26 Å². The molecule has 0 fully saturated rings. The monoisotopic (exact) mass is 467 g/mol. The van der Waals surface area contributed by atoms with Gasteiger partial charge in [0.2, 0.25) is 5.78 Å². The molecule has 3 nitrogen and oxygen atoms in total. The summed E-state index contributed by atoms with van der Waals surface area (Å²) in [6, 6.07) is 30.5. The minimum atomic E-state index is -0.310. The normalized spacial score (nSPS) is 11.2. The maximum atomic E-state index is 12.9. The zero-order chi connectivity index (χ0) is 21.6. The van der Waals surface area contributed by atoms with Gasteiger partial charge in [-0.15, -0.1) is 0 Å². The molecule has 0 saturated carbocycles. The van der Waals surface area contributed by atoms with Gasteiger partial charge in [-0.3, -0.25) is 4.79 Å². The van der Waals surface area contributed by atoms with Gasteiger partial charge in [0, 0.05) is 15.6 Å². The third-order valence-electron chi connectivity index (χ3n) is 4.93. The van der Waals surface area contributed by atoms with Crippen molar-refractivity contribution >= 4 is 38.6 Å². The molecule has 4 aromatic carbocycles. The molecule has 0 unspecified atom stereocenters. The fraction of sp³-hybridized carbons (Fsp3) is 0.0370. The van der Waals surface area contributed by atoms with Gasteiger partial charge in [0.15, 0.2) is 0 Å². The summed E-state index contributed by atoms with van der Waals surface area (Å²) in [6.45, 7) is 0.376. The Morgan fingerprint density at radius 1 is 0.903 bits per heavy atom. The van der Waals surface area contributed by atoms with Crippen LogP contribution in [-0.4, -0.2) is 5.78 Å². The molecule has 150 valence electrons. The fourth-order valence-electron chi connectivity index (χ4n) is 3.33. The van der Waals surface area contributed by atoms with Gasteiger partial charge in [-0.05, 0) is 40.6 Å². The Bertz CT molecular complexity index is 1300. The number of hydrogen-bond donors (Lipinski definition) is 0. The minimum Gasteiger partial charge on any atom is -0.488 e. The Kier molecular flexibility index (Phi) is 6.26. The van der Waals surface area contributed by atoms with Crippen LogP contribution in [0.3, 0.4) is 0 Å². The molecule has 0 aliphatic rings. The highest BCUT2D eigenvalue weighted by Gasteiger charge is 2.15. The molecule has 0 aliphatic carbocycles. The standard InChI is InChI=1S/C27H18BrNO2/c28-23-13-10-19(11-14-23)18-31-26-15-12-20-6-4-5-9-24(20)25(26)16-22(17-29)27(30)21-7-2-1-3-8-21/h1-16H,18H2/b22-16+. The molecule has 0 heterocycles. The van der Waals surface area contributed by atoms with Gasteiger partial charge in [0.25, 0.3) is 0 Å². The summed E-state index contributed by atoms with van der Waals surface area (Å²) in [7, 11) is 0. The van der Waals surface area contributed by atoms with E-state index in [0.717, 1.165) is 26.4 Å². The molecule has 0 N–H and O–H groups in total. The van der Waals surface area contributed by atoms with Gasteiger partial charge < -0.3 is 4.74 Å². The van der Waals surface area contributed by atoms with E-state index in [9.17, 15) is 10.1 Å². The summed E-state index contributed by atoms with van der Waals surface area (Å²) in [6.07, 6.45) is 1.63. The van der Waals surface area contributed by atoms with Crippen molar-refractivity contribution in [1.82, 2.24) is 0 Å². The number of nitrogens with zero attached hydrogens (tertiary/aromatic N) is 1. The smallest absolute Gasteiger partial charge is 0.203 e. The average molecular weight is 468 g/mol. The van der Waals surface area contributed by atoms with Crippen LogP contribution in [0.2, 0.25) is 0 Å². The molecule has 4 aromatic rings. The van der Waals surface area contributed by atoms with E-state index in [1.807, 2.05) is 66.7 Å². The fourth-order valence-corrected chi connectivity index (χ4v) is 3.59. The summed E-state index contributed by atoms with van der Waals surface area (Å²) < 4.78 is 7.12. The molecule has 0 spiro atoms. The van der Waals surface area contributed by atoms with E-state index in [-0.39, 0.29) is 11.4 Å². The number of ketones is 1. The summed E-state index contributed by atoms with van der Waals surface area (Å²) in [5, 5.41) is 11.7. The van der Waals surface area contributed by atoms with E-state index in [1.165, 1.54) is 0 Å². The summed E-state index contributed by atoms with van der Waals surface area (Å²) >= 11 is 3.44. The molecular weight excluding hydrogens is 450 g/mol. The van der Waals surface area contributed by atoms with E-state index >= 15 is 0 Å². The highest BCUT2D eigenvalue weighted by atomic mass is 79.9. The van der Waals surface area contributed by atoms with Crippen LogP contribution in [0.1, 0.15) is 21.5 Å². The maximum Gasteiger partial charge on any atom is 0.203 e. The molecule has 0 bridgehead atoms. The second-order valence-electron chi connectivity index (χ2n) is 6.98. The average Bonchev–Trinajstić information content (AvgIpc) is 2.82. The Hall–Kier alpha value is -3.68. The molecule has 4 rings (SSSR count). The first-order chi connectivity index (χ1) is 15.2.